The molecule has 9 heteroatoms. The van der Waals surface area contributed by atoms with Crippen molar-refractivity contribution in [1.82, 2.24) is 20.4 Å². The summed E-state index contributed by atoms with van der Waals surface area (Å²) in [4.78, 5) is 16.9. The van der Waals surface area contributed by atoms with Crippen molar-refractivity contribution in [2.45, 2.75) is 6.04 Å². The minimum atomic E-state index is -0.445. The Labute approximate surface area is 133 Å². The van der Waals surface area contributed by atoms with Gasteiger partial charge in [-0.1, -0.05) is 11.2 Å². The number of piperazine rings is 1. The monoisotopic (exact) mass is 325 g/mol. The van der Waals surface area contributed by atoms with E-state index in [0.717, 1.165) is 19.6 Å². The number of benzene rings is 1. The van der Waals surface area contributed by atoms with E-state index in [1.54, 1.807) is 12.1 Å². The van der Waals surface area contributed by atoms with Crippen molar-refractivity contribution in [3.8, 4) is 11.5 Å². The SMILES string of the molecule is CN1CCNCC1c1noc(-c2cccc([N+](=O)[O-])c2)n1.Cl. The number of nitrogens with one attached hydrogen (secondary N) is 1. The molecule has 1 N–H and O–H groups in total. The Hall–Kier alpha value is -2.03. The molecule has 0 radical (unpaired) electrons. The molecule has 2 aromatic rings. The number of non-ortho nitro benzene ring substituents is 1. The predicted molar refractivity (Wildman–Crippen MR) is 81.9 cm³/mol. The summed E-state index contributed by atoms with van der Waals surface area (Å²) in [6.45, 7) is 2.60. The van der Waals surface area contributed by atoms with Gasteiger partial charge in [0.1, 0.15) is 0 Å². The fraction of sp³-hybridized carbons (Fsp3) is 0.385. The minimum Gasteiger partial charge on any atom is -0.334 e. The molecule has 1 atom stereocenters. The fourth-order valence-electron chi connectivity index (χ4n) is 2.33. The quantitative estimate of drug-likeness (QED) is 0.676. The van der Waals surface area contributed by atoms with E-state index in [1.165, 1.54) is 12.1 Å². The summed E-state index contributed by atoms with van der Waals surface area (Å²) in [6.07, 6.45) is 0. The largest absolute Gasteiger partial charge is 0.334 e. The minimum absolute atomic E-state index is 0. The first-order chi connectivity index (χ1) is 10.1. The molecule has 1 aliphatic rings. The van der Waals surface area contributed by atoms with E-state index < -0.39 is 4.92 Å². The number of nitro benzene ring substituents is 1. The van der Waals surface area contributed by atoms with Crippen molar-refractivity contribution in [2.24, 2.45) is 0 Å². The molecule has 0 saturated carbocycles. The average Bonchev–Trinajstić information content (AvgIpc) is 2.97. The van der Waals surface area contributed by atoms with Crippen LogP contribution in [-0.2, 0) is 0 Å². The third kappa shape index (κ3) is 3.24. The highest BCUT2D eigenvalue weighted by molar-refractivity contribution is 5.85. The van der Waals surface area contributed by atoms with Crippen LogP contribution in [0, 0.1) is 10.1 Å². The summed E-state index contributed by atoms with van der Waals surface area (Å²) >= 11 is 0. The summed E-state index contributed by atoms with van der Waals surface area (Å²) in [7, 11) is 2.01. The van der Waals surface area contributed by atoms with Crippen LogP contribution in [0.2, 0.25) is 0 Å². The van der Waals surface area contributed by atoms with Gasteiger partial charge in [0.2, 0.25) is 0 Å². The van der Waals surface area contributed by atoms with Gasteiger partial charge in [-0.05, 0) is 13.1 Å². The Kier molecular flexibility index (Phi) is 5.07. The number of nitrogens with zero attached hydrogens (tertiary/aromatic N) is 4. The van der Waals surface area contributed by atoms with E-state index in [2.05, 4.69) is 20.4 Å². The molecule has 1 aromatic carbocycles. The molecule has 0 spiro atoms. The van der Waals surface area contributed by atoms with E-state index in [-0.39, 0.29) is 24.1 Å². The first-order valence-corrected chi connectivity index (χ1v) is 6.64. The summed E-state index contributed by atoms with van der Waals surface area (Å²) in [5.74, 6) is 0.888. The fourth-order valence-corrected chi connectivity index (χ4v) is 2.33. The lowest BCUT2D eigenvalue weighted by atomic mass is 10.2. The van der Waals surface area contributed by atoms with Crippen LogP contribution < -0.4 is 5.32 Å². The van der Waals surface area contributed by atoms with Crippen LogP contribution in [0.3, 0.4) is 0 Å². The van der Waals surface area contributed by atoms with Crippen LogP contribution in [0.5, 0.6) is 0 Å². The lowest BCUT2D eigenvalue weighted by molar-refractivity contribution is -0.384. The van der Waals surface area contributed by atoms with E-state index >= 15 is 0 Å². The molecule has 0 amide bonds. The molecule has 22 heavy (non-hydrogen) atoms. The molecule has 1 aliphatic heterocycles. The lowest BCUT2D eigenvalue weighted by Gasteiger charge is -2.30. The molecule has 1 aromatic heterocycles. The van der Waals surface area contributed by atoms with Crippen LogP contribution in [0.15, 0.2) is 28.8 Å². The number of likely N-dealkylation sites (N-methyl/N-ethyl adjacent to an activating group) is 1. The molecule has 1 fully saturated rings. The van der Waals surface area contributed by atoms with Gasteiger partial charge in [0.15, 0.2) is 5.82 Å². The van der Waals surface area contributed by atoms with Crippen LogP contribution in [-0.4, -0.2) is 46.6 Å². The van der Waals surface area contributed by atoms with Gasteiger partial charge in [0.05, 0.1) is 11.0 Å². The smallest absolute Gasteiger partial charge is 0.270 e. The molecular formula is C13H16ClN5O3. The molecule has 3 rings (SSSR count). The van der Waals surface area contributed by atoms with Gasteiger partial charge >= 0.3 is 0 Å². The maximum atomic E-state index is 10.8. The van der Waals surface area contributed by atoms with E-state index in [9.17, 15) is 10.1 Å². The summed E-state index contributed by atoms with van der Waals surface area (Å²) in [6, 6.07) is 6.23. The van der Waals surface area contributed by atoms with Gasteiger partial charge in [-0.3, -0.25) is 15.0 Å². The first kappa shape index (κ1) is 16.3. The van der Waals surface area contributed by atoms with Gasteiger partial charge in [-0.2, -0.15) is 4.98 Å². The summed E-state index contributed by atoms with van der Waals surface area (Å²) in [5, 5.41) is 18.1. The Bertz CT molecular complexity index is 663. The van der Waals surface area contributed by atoms with Gasteiger partial charge in [-0.25, -0.2) is 0 Å². The second kappa shape index (κ2) is 6.82. The first-order valence-electron chi connectivity index (χ1n) is 6.64. The van der Waals surface area contributed by atoms with E-state index in [0.29, 0.717) is 17.3 Å². The van der Waals surface area contributed by atoms with Gasteiger partial charge < -0.3 is 9.84 Å². The van der Waals surface area contributed by atoms with Gasteiger partial charge in [0.25, 0.3) is 11.6 Å². The summed E-state index contributed by atoms with van der Waals surface area (Å²) < 4.78 is 5.25. The van der Waals surface area contributed by atoms with Crippen molar-refractivity contribution < 1.29 is 9.45 Å². The topological polar surface area (TPSA) is 97.3 Å². The molecule has 8 nitrogen and oxygen atoms in total. The normalized spacial score (nSPS) is 18.7. The predicted octanol–water partition coefficient (Wildman–Crippen LogP) is 1.64. The Morgan fingerprint density at radius 1 is 1.50 bits per heavy atom. The Morgan fingerprint density at radius 2 is 2.32 bits per heavy atom. The van der Waals surface area contributed by atoms with Crippen molar-refractivity contribution in [2.75, 3.05) is 26.7 Å². The highest BCUT2D eigenvalue weighted by atomic mass is 35.5. The number of nitro groups is 1. The highest BCUT2D eigenvalue weighted by Gasteiger charge is 2.25. The van der Waals surface area contributed by atoms with Crippen molar-refractivity contribution in [1.29, 1.82) is 0 Å². The van der Waals surface area contributed by atoms with Crippen LogP contribution in [0.4, 0.5) is 5.69 Å². The number of rotatable bonds is 3. The number of hydrogen-bond acceptors (Lipinski definition) is 7. The zero-order valence-corrected chi connectivity index (χ0v) is 12.7. The third-order valence-corrected chi connectivity index (χ3v) is 3.55. The zero-order chi connectivity index (χ0) is 14.8. The molecule has 2 heterocycles. The summed E-state index contributed by atoms with van der Waals surface area (Å²) in [5.41, 5.74) is 0.554. The molecule has 1 unspecified atom stereocenters. The zero-order valence-electron chi connectivity index (χ0n) is 11.9. The lowest BCUT2D eigenvalue weighted by Crippen LogP contribution is -2.44. The van der Waals surface area contributed by atoms with Crippen molar-refractivity contribution >= 4 is 18.1 Å². The van der Waals surface area contributed by atoms with E-state index in [4.69, 9.17) is 4.52 Å². The maximum absolute atomic E-state index is 10.8. The Balaban J connectivity index is 0.00000176. The van der Waals surface area contributed by atoms with Crippen LogP contribution in [0.25, 0.3) is 11.5 Å². The van der Waals surface area contributed by atoms with E-state index in [1.807, 2.05) is 7.05 Å². The molecular weight excluding hydrogens is 310 g/mol. The number of hydrogen-bond donors (Lipinski definition) is 1. The molecule has 0 aliphatic carbocycles. The Morgan fingerprint density at radius 3 is 3.05 bits per heavy atom. The second-order valence-electron chi connectivity index (χ2n) is 4.97. The van der Waals surface area contributed by atoms with Crippen LogP contribution in [0.1, 0.15) is 11.9 Å². The van der Waals surface area contributed by atoms with Crippen molar-refractivity contribution in [3.05, 3.63) is 40.2 Å². The van der Waals surface area contributed by atoms with Crippen molar-refractivity contribution in [3.63, 3.8) is 0 Å². The number of halogens is 1. The van der Waals surface area contributed by atoms with Gasteiger partial charge in [-0.15, -0.1) is 12.4 Å². The number of aromatic nitrogens is 2. The standard InChI is InChI=1S/C13H15N5O3.ClH/c1-17-6-5-14-8-11(17)12-15-13(21-16-12)9-3-2-4-10(7-9)18(19)20;/h2-4,7,11,14H,5-6,8H2,1H3;1H. The third-order valence-electron chi connectivity index (χ3n) is 3.55. The maximum Gasteiger partial charge on any atom is 0.270 e. The molecule has 0 bridgehead atoms. The molecule has 1 saturated heterocycles. The highest BCUT2D eigenvalue weighted by Crippen LogP contribution is 2.25. The molecule has 118 valence electrons. The van der Waals surface area contributed by atoms with Gasteiger partial charge in [0, 0.05) is 37.3 Å². The van der Waals surface area contributed by atoms with Crippen LogP contribution >= 0.6 is 12.4 Å². The second-order valence-corrected chi connectivity index (χ2v) is 4.97. The average molecular weight is 326 g/mol.